The molecule has 0 rings (SSSR count). The lowest BCUT2D eigenvalue weighted by Gasteiger charge is -2.12. The number of carbonyl (C=O) groups is 2. The molecule has 0 aliphatic rings. The molecule has 0 radical (unpaired) electrons. The highest BCUT2D eigenvalue weighted by Gasteiger charge is 2.14. The molecule has 0 aliphatic carbocycles. The van der Waals surface area contributed by atoms with Gasteiger partial charge in [0.25, 0.3) is 0 Å². The number of carbonyl (C=O) groups excluding carboxylic acids is 1. The summed E-state index contributed by atoms with van der Waals surface area (Å²) in [5.74, 6) is -1.08. The van der Waals surface area contributed by atoms with Crippen LogP contribution in [0.2, 0.25) is 0 Å². The van der Waals surface area contributed by atoms with Crippen molar-refractivity contribution in [3.63, 3.8) is 0 Å². The monoisotopic (exact) mass is 257 g/mol. The Labute approximate surface area is 110 Å². The normalized spacial score (nSPS) is 12.3. The number of hydrogen-bond donors (Lipinski definition) is 2. The van der Waals surface area contributed by atoms with Crippen molar-refractivity contribution in [2.75, 3.05) is 0 Å². The average Bonchev–Trinajstić information content (AvgIpc) is 2.30. The first-order valence-electron chi connectivity index (χ1n) is 7.09. The van der Waals surface area contributed by atoms with Gasteiger partial charge in [0.1, 0.15) is 0 Å². The minimum atomic E-state index is -0.773. The smallest absolute Gasteiger partial charge is 0.303 e. The van der Waals surface area contributed by atoms with Crippen LogP contribution in [0, 0.1) is 5.92 Å². The highest BCUT2D eigenvalue weighted by molar-refractivity contribution is 5.76. The van der Waals surface area contributed by atoms with Gasteiger partial charge in [-0.05, 0) is 19.3 Å². The van der Waals surface area contributed by atoms with Crippen LogP contribution in [-0.4, -0.2) is 17.0 Å². The molecule has 0 aromatic carbocycles. The van der Waals surface area contributed by atoms with Crippen LogP contribution in [0.4, 0.5) is 0 Å². The Hall–Kier alpha value is -1.06. The van der Waals surface area contributed by atoms with E-state index in [4.69, 9.17) is 10.8 Å². The van der Waals surface area contributed by atoms with Crippen molar-refractivity contribution in [3.8, 4) is 0 Å². The predicted molar refractivity (Wildman–Crippen MR) is 72.2 cm³/mol. The number of rotatable bonds is 12. The van der Waals surface area contributed by atoms with Crippen molar-refractivity contribution < 1.29 is 14.7 Å². The molecule has 0 spiro atoms. The minimum absolute atomic E-state index is 0.0691. The maximum Gasteiger partial charge on any atom is 0.303 e. The van der Waals surface area contributed by atoms with Crippen LogP contribution in [-0.2, 0) is 9.59 Å². The second-order valence-electron chi connectivity index (χ2n) is 4.94. The fourth-order valence-electron chi connectivity index (χ4n) is 2.09. The van der Waals surface area contributed by atoms with Crippen molar-refractivity contribution in [2.24, 2.45) is 11.7 Å². The quantitative estimate of drug-likeness (QED) is 0.527. The zero-order valence-corrected chi connectivity index (χ0v) is 11.5. The average molecular weight is 257 g/mol. The van der Waals surface area contributed by atoms with Crippen LogP contribution in [0.25, 0.3) is 0 Å². The van der Waals surface area contributed by atoms with Crippen molar-refractivity contribution in [1.29, 1.82) is 0 Å². The van der Waals surface area contributed by atoms with E-state index < -0.39 is 5.97 Å². The van der Waals surface area contributed by atoms with Crippen LogP contribution in [0.1, 0.15) is 71.1 Å². The molecular weight excluding hydrogens is 230 g/mol. The maximum atomic E-state index is 11.3. The van der Waals surface area contributed by atoms with E-state index in [2.05, 4.69) is 6.92 Å². The summed E-state index contributed by atoms with van der Waals surface area (Å²) in [7, 11) is 0. The molecule has 4 heteroatoms. The van der Waals surface area contributed by atoms with E-state index in [-0.39, 0.29) is 18.2 Å². The molecular formula is C14H27NO3. The van der Waals surface area contributed by atoms with Gasteiger partial charge in [-0.15, -0.1) is 0 Å². The fraction of sp³-hybridized carbons (Fsp3) is 0.857. The Morgan fingerprint density at radius 2 is 1.56 bits per heavy atom. The van der Waals surface area contributed by atoms with E-state index in [1.165, 1.54) is 19.3 Å². The van der Waals surface area contributed by atoms with Gasteiger partial charge in [-0.3, -0.25) is 9.59 Å². The lowest BCUT2D eigenvalue weighted by molar-refractivity contribution is -0.137. The molecule has 1 atom stereocenters. The number of unbranched alkanes of at least 4 members (excludes halogenated alkanes) is 5. The number of carboxylic acids is 1. The summed E-state index contributed by atoms with van der Waals surface area (Å²) >= 11 is 0. The number of aliphatic carboxylic acids is 1. The van der Waals surface area contributed by atoms with E-state index in [0.717, 1.165) is 32.1 Å². The Morgan fingerprint density at radius 3 is 2.06 bits per heavy atom. The van der Waals surface area contributed by atoms with E-state index in [0.29, 0.717) is 6.42 Å². The van der Waals surface area contributed by atoms with Gasteiger partial charge in [0.2, 0.25) is 5.91 Å². The summed E-state index contributed by atoms with van der Waals surface area (Å²) in [5, 5.41) is 8.52. The van der Waals surface area contributed by atoms with Crippen LogP contribution < -0.4 is 5.73 Å². The minimum Gasteiger partial charge on any atom is -0.481 e. The summed E-state index contributed by atoms with van der Waals surface area (Å²) in [6.07, 6.45) is 9.07. The van der Waals surface area contributed by atoms with Crippen molar-refractivity contribution in [1.82, 2.24) is 0 Å². The van der Waals surface area contributed by atoms with Gasteiger partial charge in [0.05, 0.1) is 0 Å². The molecule has 3 N–H and O–H groups in total. The number of amides is 1. The third-order valence-electron chi connectivity index (χ3n) is 3.25. The molecule has 0 heterocycles. The molecule has 0 aliphatic heterocycles. The van der Waals surface area contributed by atoms with E-state index in [9.17, 15) is 9.59 Å². The molecule has 106 valence electrons. The molecule has 0 bridgehead atoms. The van der Waals surface area contributed by atoms with Gasteiger partial charge < -0.3 is 10.8 Å². The zero-order valence-electron chi connectivity index (χ0n) is 11.5. The second kappa shape index (κ2) is 11.1. The molecule has 0 saturated heterocycles. The summed E-state index contributed by atoms with van der Waals surface area (Å²) in [6.45, 7) is 2.18. The molecule has 18 heavy (non-hydrogen) atoms. The standard InChI is InChI=1S/C14H27NO3/c1-2-3-4-5-6-9-12(14(15)18)10-7-8-11-13(16)17/h12H,2-11H2,1H3,(H2,15,18)(H,16,17). The Balaban J connectivity index is 3.65. The molecule has 0 fully saturated rings. The van der Waals surface area contributed by atoms with E-state index >= 15 is 0 Å². The van der Waals surface area contributed by atoms with Crippen LogP contribution in [0.5, 0.6) is 0 Å². The van der Waals surface area contributed by atoms with Gasteiger partial charge in [0.15, 0.2) is 0 Å². The Kier molecular flexibility index (Phi) is 10.4. The van der Waals surface area contributed by atoms with Crippen LogP contribution in [0.3, 0.4) is 0 Å². The number of carboxylic acid groups (broad SMARTS) is 1. The topological polar surface area (TPSA) is 80.4 Å². The summed E-state index contributed by atoms with van der Waals surface area (Å²) in [5.41, 5.74) is 5.36. The maximum absolute atomic E-state index is 11.3. The summed E-state index contributed by atoms with van der Waals surface area (Å²) in [4.78, 5) is 21.6. The number of nitrogens with two attached hydrogens (primary N) is 1. The van der Waals surface area contributed by atoms with Gasteiger partial charge >= 0.3 is 5.97 Å². The van der Waals surface area contributed by atoms with Gasteiger partial charge in [-0.25, -0.2) is 0 Å². The third kappa shape index (κ3) is 10.1. The van der Waals surface area contributed by atoms with Crippen molar-refractivity contribution >= 4 is 11.9 Å². The van der Waals surface area contributed by atoms with Gasteiger partial charge in [-0.2, -0.15) is 0 Å². The number of primary amides is 1. The highest BCUT2D eigenvalue weighted by Crippen LogP contribution is 2.17. The Bertz CT molecular complexity index is 241. The number of hydrogen-bond acceptors (Lipinski definition) is 2. The first-order valence-corrected chi connectivity index (χ1v) is 7.09. The molecule has 0 aromatic heterocycles. The third-order valence-corrected chi connectivity index (χ3v) is 3.25. The molecule has 0 aromatic rings. The van der Waals surface area contributed by atoms with Gasteiger partial charge in [-0.1, -0.05) is 45.4 Å². The molecule has 1 unspecified atom stereocenters. The lowest BCUT2D eigenvalue weighted by Crippen LogP contribution is -2.23. The second-order valence-corrected chi connectivity index (χ2v) is 4.94. The van der Waals surface area contributed by atoms with Crippen LogP contribution in [0.15, 0.2) is 0 Å². The first kappa shape index (κ1) is 16.9. The van der Waals surface area contributed by atoms with E-state index in [1.807, 2.05) is 0 Å². The Morgan fingerprint density at radius 1 is 1.00 bits per heavy atom. The SMILES string of the molecule is CCCCCCCC(CCCCC(=O)O)C(N)=O. The fourth-order valence-corrected chi connectivity index (χ4v) is 2.09. The van der Waals surface area contributed by atoms with Crippen molar-refractivity contribution in [3.05, 3.63) is 0 Å². The first-order chi connectivity index (χ1) is 8.57. The summed E-state index contributed by atoms with van der Waals surface area (Å²) in [6, 6.07) is 0. The van der Waals surface area contributed by atoms with Gasteiger partial charge in [0, 0.05) is 12.3 Å². The lowest BCUT2D eigenvalue weighted by atomic mass is 9.94. The summed E-state index contributed by atoms with van der Waals surface area (Å²) < 4.78 is 0. The predicted octanol–water partition coefficient (Wildman–Crippen LogP) is 3.09. The van der Waals surface area contributed by atoms with Crippen molar-refractivity contribution in [2.45, 2.75) is 71.1 Å². The zero-order chi connectivity index (χ0) is 13.8. The van der Waals surface area contributed by atoms with E-state index in [1.54, 1.807) is 0 Å². The molecule has 1 amide bonds. The highest BCUT2D eigenvalue weighted by atomic mass is 16.4. The van der Waals surface area contributed by atoms with Crippen LogP contribution >= 0.6 is 0 Å². The molecule has 4 nitrogen and oxygen atoms in total. The largest absolute Gasteiger partial charge is 0.481 e. The molecule has 0 saturated carbocycles.